The molecule has 0 bridgehead atoms. The summed E-state index contributed by atoms with van der Waals surface area (Å²) in [5, 5.41) is 0. The molecule has 1 fully saturated rings. The van der Waals surface area contributed by atoms with Crippen molar-refractivity contribution in [3.05, 3.63) is 23.9 Å². The van der Waals surface area contributed by atoms with E-state index in [0.717, 1.165) is 19.3 Å². The van der Waals surface area contributed by atoms with Crippen molar-refractivity contribution in [2.24, 2.45) is 0 Å². The molecule has 0 radical (unpaired) electrons. The van der Waals surface area contributed by atoms with Crippen LogP contribution in [0.15, 0.2) is 18.3 Å². The molecule has 2 atom stereocenters. The summed E-state index contributed by atoms with van der Waals surface area (Å²) in [5.41, 5.74) is 6.70. The van der Waals surface area contributed by atoms with Crippen molar-refractivity contribution in [3.8, 4) is 0 Å². The Morgan fingerprint density at radius 2 is 2.40 bits per heavy atom. The van der Waals surface area contributed by atoms with Crippen LogP contribution in [-0.4, -0.2) is 35.8 Å². The molecule has 0 spiro atoms. The largest absolute Gasteiger partial charge is 0.384 e. The maximum absolute atomic E-state index is 10.8. The molecular weight excluding hydrogens is 190 g/mol. The number of pyridine rings is 1. The van der Waals surface area contributed by atoms with Gasteiger partial charge in [-0.1, -0.05) is 6.07 Å². The molecule has 1 aliphatic rings. The number of likely N-dealkylation sites (tertiary alicyclic amines) is 1. The second-order valence-corrected chi connectivity index (χ2v) is 4.09. The van der Waals surface area contributed by atoms with Gasteiger partial charge in [0.1, 0.15) is 12.1 Å². The Labute approximate surface area is 89.1 Å². The highest BCUT2D eigenvalue weighted by molar-refractivity contribution is 5.58. The molecule has 2 N–H and O–H groups in total. The summed E-state index contributed by atoms with van der Waals surface area (Å²) < 4.78 is 0. The lowest BCUT2D eigenvalue weighted by molar-refractivity contribution is -0.111. The minimum atomic E-state index is 0.0487. The van der Waals surface area contributed by atoms with Crippen LogP contribution < -0.4 is 5.73 Å². The van der Waals surface area contributed by atoms with E-state index in [1.807, 2.05) is 19.2 Å². The van der Waals surface area contributed by atoms with E-state index < -0.39 is 0 Å². The number of rotatable bonds is 2. The van der Waals surface area contributed by atoms with Crippen molar-refractivity contribution in [1.29, 1.82) is 0 Å². The average Bonchev–Trinajstić information content (AvgIpc) is 2.61. The number of likely N-dealkylation sites (N-methyl/N-ethyl adjacent to an activating group) is 1. The Bertz CT molecular complexity index is 349. The highest BCUT2D eigenvalue weighted by atomic mass is 16.1. The predicted molar refractivity (Wildman–Crippen MR) is 58.5 cm³/mol. The lowest BCUT2D eigenvalue weighted by atomic mass is 9.98. The molecule has 1 aliphatic heterocycles. The quantitative estimate of drug-likeness (QED) is 0.720. The number of aromatic nitrogens is 1. The molecule has 0 aromatic carbocycles. The van der Waals surface area contributed by atoms with E-state index in [-0.39, 0.29) is 6.04 Å². The first-order chi connectivity index (χ1) is 7.20. The Morgan fingerprint density at radius 1 is 1.60 bits per heavy atom. The Kier molecular flexibility index (Phi) is 2.68. The van der Waals surface area contributed by atoms with E-state index in [9.17, 15) is 4.79 Å². The number of nitrogens with zero attached hydrogens (tertiary/aromatic N) is 2. The summed E-state index contributed by atoms with van der Waals surface area (Å²) in [4.78, 5) is 16.9. The third-order valence-corrected chi connectivity index (χ3v) is 3.04. The zero-order valence-corrected chi connectivity index (χ0v) is 8.76. The topological polar surface area (TPSA) is 59.2 Å². The van der Waals surface area contributed by atoms with Crippen LogP contribution in [0.3, 0.4) is 0 Å². The van der Waals surface area contributed by atoms with Gasteiger partial charge in [-0.25, -0.2) is 4.98 Å². The zero-order valence-electron chi connectivity index (χ0n) is 8.76. The van der Waals surface area contributed by atoms with E-state index in [1.165, 1.54) is 5.56 Å². The maximum atomic E-state index is 10.8. The van der Waals surface area contributed by atoms with Crippen LogP contribution in [0.2, 0.25) is 0 Å². The van der Waals surface area contributed by atoms with Crippen LogP contribution in [-0.2, 0) is 4.79 Å². The summed E-state index contributed by atoms with van der Waals surface area (Å²) in [6, 6.07) is 3.85. The van der Waals surface area contributed by atoms with E-state index in [4.69, 9.17) is 5.73 Å². The summed E-state index contributed by atoms with van der Waals surface area (Å²) in [5.74, 6) is 0.940. The van der Waals surface area contributed by atoms with Crippen molar-refractivity contribution < 1.29 is 4.79 Å². The van der Waals surface area contributed by atoms with Crippen LogP contribution in [0.5, 0.6) is 0 Å². The number of anilines is 1. The molecule has 0 amide bonds. The first-order valence-electron chi connectivity index (χ1n) is 5.07. The molecule has 2 heterocycles. The Hall–Kier alpha value is -1.42. The third kappa shape index (κ3) is 1.99. The second-order valence-electron chi connectivity index (χ2n) is 4.09. The molecule has 4 nitrogen and oxygen atoms in total. The number of hydrogen-bond acceptors (Lipinski definition) is 4. The van der Waals surface area contributed by atoms with Gasteiger partial charge in [0.2, 0.25) is 0 Å². The summed E-state index contributed by atoms with van der Waals surface area (Å²) in [6.45, 7) is 0.912. The fraction of sp³-hybridized carbons (Fsp3) is 0.455. The van der Waals surface area contributed by atoms with Crippen LogP contribution in [0.25, 0.3) is 0 Å². The fourth-order valence-corrected chi connectivity index (χ4v) is 2.09. The highest BCUT2D eigenvalue weighted by Crippen LogP contribution is 2.29. The first kappa shape index (κ1) is 10.1. The van der Waals surface area contributed by atoms with Crippen molar-refractivity contribution in [3.63, 3.8) is 0 Å². The van der Waals surface area contributed by atoms with Gasteiger partial charge in [-0.15, -0.1) is 0 Å². The van der Waals surface area contributed by atoms with Gasteiger partial charge in [0.15, 0.2) is 0 Å². The van der Waals surface area contributed by atoms with Gasteiger partial charge < -0.3 is 10.5 Å². The lowest BCUT2D eigenvalue weighted by Gasteiger charge is -2.11. The average molecular weight is 205 g/mol. The third-order valence-electron chi connectivity index (χ3n) is 3.04. The van der Waals surface area contributed by atoms with E-state index in [2.05, 4.69) is 9.88 Å². The number of aldehydes is 1. The predicted octanol–water partition coefficient (Wildman–Crippen LogP) is 0.650. The van der Waals surface area contributed by atoms with E-state index >= 15 is 0 Å². The molecule has 2 unspecified atom stereocenters. The minimum Gasteiger partial charge on any atom is -0.384 e. The summed E-state index contributed by atoms with van der Waals surface area (Å²) in [7, 11) is 1.98. The maximum Gasteiger partial charge on any atom is 0.137 e. The molecular formula is C11H15N3O. The van der Waals surface area contributed by atoms with Gasteiger partial charge in [-0.3, -0.25) is 4.90 Å². The van der Waals surface area contributed by atoms with Gasteiger partial charge in [-0.05, 0) is 25.1 Å². The Balaban J connectivity index is 2.13. The molecule has 4 heteroatoms. The van der Waals surface area contributed by atoms with Crippen LogP contribution in [0.4, 0.5) is 5.82 Å². The van der Waals surface area contributed by atoms with E-state index in [1.54, 1.807) is 6.20 Å². The molecule has 80 valence electrons. The van der Waals surface area contributed by atoms with Gasteiger partial charge in [-0.2, -0.15) is 0 Å². The smallest absolute Gasteiger partial charge is 0.137 e. The van der Waals surface area contributed by atoms with Crippen molar-refractivity contribution in [2.75, 3.05) is 19.3 Å². The van der Waals surface area contributed by atoms with Gasteiger partial charge in [0.05, 0.1) is 6.04 Å². The molecule has 1 aromatic heterocycles. The molecule has 15 heavy (non-hydrogen) atoms. The summed E-state index contributed by atoms with van der Waals surface area (Å²) in [6.07, 6.45) is 3.71. The Morgan fingerprint density at radius 3 is 2.93 bits per heavy atom. The molecule has 1 saturated heterocycles. The SMILES string of the molecule is CN1CC(c2ccc(N)nc2)CC1C=O. The number of nitrogens with two attached hydrogens (primary N) is 1. The van der Waals surface area contributed by atoms with Crippen molar-refractivity contribution >= 4 is 12.1 Å². The highest BCUT2D eigenvalue weighted by Gasteiger charge is 2.29. The van der Waals surface area contributed by atoms with Crippen LogP contribution in [0.1, 0.15) is 17.9 Å². The van der Waals surface area contributed by atoms with Crippen molar-refractivity contribution in [1.82, 2.24) is 9.88 Å². The normalized spacial score (nSPS) is 26.7. The van der Waals surface area contributed by atoms with Crippen molar-refractivity contribution in [2.45, 2.75) is 18.4 Å². The summed E-state index contributed by atoms with van der Waals surface area (Å²) >= 11 is 0. The zero-order chi connectivity index (χ0) is 10.8. The number of carbonyl (C=O) groups is 1. The number of carbonyl (C=O) groups excluding carboxylic acids is 1. The van der Waals surface area contributed by atoms with Gasteiger partial charge in [0, 0.05) is 18.7 Å². The molecule has 1 aromatic rings. The standard InChI is InChI=1S/C11H15N3O/c1-14-6-9(4-10(14)7-15)8-2-3-11(12)13-5-8/h2-3,5,7,9-10H,4,6H2,1H3,(H2,12,13). The van der Waals surface area contributed by atoms with E-state index in [0.29, 0.717) is 11.7 Å². The number of nitrogen functional groups attached to an aromatic ring is 1. The monoisotopic (exact) mass is 205 g/mol. The first-order valence-corrected chi connectivity index (χ1v) is 5.07. The molecule has 0 aliphatic carbocycles. The van der Waals surface area contributed by atoms with Gasteiger partial charge >= 0.3 is 0 Å². The van der Waals surface area contributed by atoms with Gasteiger partial charge in [0.25, 0.3) is 0 Å². The minimum absolute atomic E-state index is 0.0487. The second kappa shape index (κ2) is 3.98. The van der Waals surface area contributed by atoms with Crippen LogP contribution >= 0.6 is 0 Å². The fourth-order valence-electron chi connectivity index (χ4n) is 2.09. The molecule has 2 rings (SSSR count). The number of hydrogen-bond donors (Lipinski definition) is 1. The lowest BCUT2D eigenvalue weighted by Crippen LogP contribution is -2.25. The molecule has 0 saturated carbocycles. The van der Waals surface area contributed by atoms with Crippen LogP contribution in [0, 0.1) is 0 Å².